The van der Waals surface area contributed by atoms with Crippen LogP contribution in [0.1, 0.15) is 71.6 Å². The molecule has 4 saturated carbocycles. The fourth-order valence-corrected chi connectivity index (χ4v) is 6.19. The lowest BCUT2D eigenvalue weighted by molar-refractivity contribution is -0.0281. The van der Waals surface area contributed by atoms with Crippen molar-refractivity contribution in [3.05, 3.63) is 0 Å². The topological polar surface area (TPSA) is 32.3 Å². The van der Waals surface area contributed by atoms with Crippen LogP contribution in [0.5, 0.6) is 0 Å². The zero-order valence-corrected chi connectivity index (χ0v) is 13.9. The van der Waals surface area contributed by atoms with E-state index in [0.717, 1.165) is 43.1 Å². The summed E-state index contributed by atoms with van der Waals surface area (Å²) < 4.78 is 0. The number of hydrogen-bond donors (Lipinski definition) is 2. The maximum absolute atomic E-state index is 10.9. The first-order valence-corrected chi connectivity index (χ1v) is 9.42. The summed E-state index contributed by atoms with van der Waals surface area (Å²) in [6.07, 6.45) is 11.7. The quantitative estimate of drug-likeness (QED) is 0.830. The fraction of sp³-hybridized carbons (Fsp3) is 1.00. The molecule has 4 rings (SSSR count). The summed E-state index contributed by atoms with van der Waals surface area (Å²) in [5.41, 5.74) is 0.0160. The van der Waals surface area contributed by atoms with E-state index < -0.39 is 5.60 Å². The summed E-state index contributed by atoms with van der Waals surface area (Å²) in [6.45, 7) is 5.53. The van der Waals surface area contributed by atoms with Crippen LogP contribution in [0.15, 0.2) is 0 Å². The second-order valence-electron chi connectivity index (χ2n) is 9.53. The van der Waals surface area contributed by atoms with E-state index in [1.807, 2.05) is 0 Å². The Balaban J connectivity index is 1.32. The van der Waals surface area contributed by atoms with Gasteiger partial charge in [0.15, 0.2) is 0 Å². The second-order valence-corrected chi connectivity index (χ2v) is 9.53. The zero-order chi connectivity index (χ0) is 14.7. The highest BCUT2D eigenvalue weighted by Crippen LogP contribution is 2.58. The molecular weight excluding hydrogens is 258 g/mol. The lowest BCUT2D eigenvalue weighted by Crippen LogP contribution is -2.50. The van der Waals surface area contributed by atoms with Crippen LogP contribution in [0.25, 0.3) is 0 Å². The molecule has 21 heavy (non-hydrogen) atoms. The molecular formula is C19H33NO. The zero-order valence-electron chi connectivity index (χ0n) is 13.9. The van der Waals surface area contributed by atoms with Gasteiger partial charge in [-0.25, -0.2) is 0 Å². The summed E-state index contributed by atoms with van der Waals surface area (Å²) in [7, 11) is 0. The number of nitrogens with one attached hydrogen (secondary N) is 1. The predicted molar refractivity (Wildman–Crippen MR) is 86.0 cm³/mol. The van der Waals surface area contributed by atoms with Crippen LogP contribution in [0.4, 0.5) is 0 Å². The van der Waals surface area contributed by atoms with E-state index in [9.17, 15) is 5.11 Å². The van der Waals surface area contributed by atoms with Gasteiger partial charge in [0, 0.05) is 12.6 Å². The van der Waals surface area contributed by atoms with E-state index in [4.69, 9.17) is 0 Å². The van der Waals surface area contributed by atoms with E-state index in [1.165, 1.54) is 44.9 Å². The molecule has 0 aromatic heterocycles. The van der Waals surface area contributed by atoms with Crippen LogP contribution in [-0.4, -0.2) is 23.3 Å². The van der Waals surface area contributed by atoms with Gasteiger partial charge in [0.05, 0.1) is 5.60 Å². The first kappa shape index (κ1) is 14.5. The highest BCUT2D eigenvalue weighted by atomic mass is 16.3. The largest absolute Gasteiger partial charge is 0.389 e. The lowest BCUT2D eigenvalue weighted by Gasteiger charge is -2.42. The molecule has 4 fully saturated rings. The van der Waals surface area contributed by atoms with Crippen molar-refractivity contribution in [1.29, 1.82) is 0 Å². The van der Waals surface area contributed by atoms with Gasteiger partial charge in [-0.3, -0.25) is 0 Å². The lowest BCUT2D eigenvalue weighted by atomic mass is 9.71. The molecule has 0 spiro atoms. The molecule has 0 aliphatic heterocycles. The monoisotopic (exact) mass is 291 g/mol. The van der Waals surface area contributed by atoms with Crippen molar-refractivity contribution in [3.63, 3.8) is 0 Å². The Hall–Kier alpha value is -0.0800. The Morgan fingerprint density at radius 2 is 1.67 bits per heavy atom. The van der Waals surface area contributed by atoms with Crippen LogP contribution in [0.3, 0.4) is 0 Å². The van der Waals surface area contributed by atoms with Crippen molar-refractivity contribution >= 4 is 0 Å². The van der Waals surface area contributed by atoms with Crippen LogP contribution in [0.2, 0.25) is 0 Å². The predicted octanol–water partition coefficient (Wildman–Crippen LogP) is 3.73. The average molecular weight is 291 g/mol. The van der Waals surface area contributed by atoms with E-state index in [0.29, 0.717) is 11.5 Å². The number of aliphatic hydroxyl groups is 1. The first-order chi connectivity index (χ1) is 9.96. The third-order valence-corrected chi connectivity index (χ3v) is 7.66. The molecule has 0 aromatic rings. The summed E-state index contributed by atoms with van der Waals surface area (Å²) >= 11 is 0. The highest BCUT2D eigenvalue weighted by molar-refractivity contribution is 5.06. The molecule has 0 amide bonds. The van der Waals surface area contributed by atoms with E-state index in [-0.39, 0.29) is 0 Å². The van der Waals surface area contributed by atoms with Crippen molar-refractivity contribution in [2.45, 2.75) is 83.3 Å². The van der Waals surface area contributed by atoms with Crippen LogP contribution < -0.4 is 5.32 Å². The van der Waals surface area contributed by atoms with Gasteiger partial charge in [0.2, 0.25) is 0 Å². The van der Waals surface area contributed by atoms with Crippen LogP contribution >= 0.6 is 0 Å². The van der Waals surface area contributed by atoms with Crippen molar-refractivity contribution in [1.82, 2.24) is 5.32 Å². The maximum Gasteiger partial charge on any atom is 0.0772 e. The number of rotatable bonds is 3. The summed E-state index contributed by atoms with van der Waals surface area (Å²) in [5, 5.41) is 14.7. The van der Waals surface area contributed by atoms with Gasteiger partial charge in [-0.15, -0.1) is 0 Å². The highest BCUT2D eigenvalue weighted by Gasteiger charge is 2.53. The molecule has 0 heterocycles. The molecule has 2 nitrogen and oxygen atoms in total. The molecule has 2 heteroatoms. The molecule has 0 radical (unpaired) electrons. The van der Waals surface area contributed by atoms with Gasteiger partial charge in [0.1, 0.15) is 0 Å². The van der Waals surface area contributed by atoms with E-state index in [2.05, 4.69) is 19.2 Å². The van der Waals surface area contributed by atoms with E-state index in [1.54, 1.807) is 0 Å². The van der Waals surface area contributed by atoms with Crippen molar-refractivity contribution < 1.29 is 5.11 Å². The smallest absolute Gasteiger partial charge is 0.0772 e. The Morgan fingerprint density at radius 3 is 2.43 bits per heavy atom. The van der Waals surface area contributed by atoms with Crippen LogP contribution in [-0.2, 0) is 0 Å². The average Bonchev–Trinajstić information content (AvgIpc) is 3.12. The van der Waals surface area contributed by atoms with Crippen molar-refractivity contribution in [2.24, 2.45) is 29.1 Å². The molecule has 0 aromatic carbocycles. The van der Waals surface area contributed by atoms with E-state index >= 15 is 0 Å². The van der Waals surface area contributed by atoms with Crippen LogP contribution in [0, 0.1) is 29.1 Å². The second kappa shape index (κ2) is 4.96. The minimum Gasteiger partial charge on any atom is -0.389 e. The normalized spacial score (nSPS) is 46.7. The number of hydrogen-bond acceptors (Lipinski definition) is 2. The third kappa shape index (κ3) is 2.57. The number of fused-ring (bicyclic) bond motifs is 5. The summed E-state index contributed by atoms with van der Waals surface area (Å²) in [4.78, 5) is 0. The summed E-state index contributed by atoms with van der Waals surface area (Å²) in [6, 6.07) is 0.716. The Bertz CT molecular complexity index is 394. The van der Waals surface area contributed by atoms with Gasteiger partial charge in [-0.1, -0.05) is 20.3 Å². The van der Waals surface area contributed by atoms with Gasteiger partial charge < -0.3 is 10.4 Å². The third-order valence-electron chi connectivity index (χ3n) is 7.66. The van der Waals surface area contributed by atoms with Gasteiger partial charge in [-0.2, -0.15) is 0 Å². The SMILES string of the molecule is CC1(C)CCC(O)(CNC2CC3CC2C2CCCC32)CC1. The standard InChI is InChI=1S/C19H33NO/c1-18(2)6-8-19(21,9-7-18)12-20-17-11-13-10-16(17)15-5-3-4-14(13)15/h13-17,20-21H,3-12H2,1-2H3. The van der Waals surface area contributed by atoms with Gasteiger partial charge in [0.25, 0.3) is 0 Å². The maximum atomic E-state index is 10.9. The molecule has 0 saturated heterocycles. The minimum absolute atomic E-state index is 0.424. The van der Waals surface area contributed by atoms with Crippen molar-refractivity contribution in [3.8, 4) is 0 Å². The van der Waals surface area contributed by atoms with Gasteiger partial charge in [-0.05, 0) is 80.5 Å². The molecule has 2 bridgehead atoms. The van der Waals surface area contributed by atoms with Gasteiger partial charge >= 0.3 is 0 Å². The molecule has 5 unspecified atom stereocenters. The fourth-order valence-electron chi connectivity index (χ4n) is 6.19. The van der Waals surface area contributed by atoms with Crippen molar-refractivity contribution in [2.75, 3.05) is 6.54 Å². The minimum atomic E-state index is -0.424. The molecule has 5 atom stereocenters. The molecule has 4 aliphatic rings. The summed E-state index contributed by atoms with van der Waals surface area (Å²) in [5.74, 6) is 4.05. The molecule has 2 N–H and O–H groups in total. The Labute approximate surface area is 130 Å². The first-order valence-electron chi connectivity index (χ1n) is 9.42. The molecule has 120 valence electrons. The Kier molecular flexibility index (Phi) is 3.43. The Morgan fingerprint density at radius 1 is 0.952 bits per heavy atom. The molecule has 4 aliphatic carbocycles.